The summed E-state index contributed by atoms with van der Waals surface area (Å²) in [6.07, 6.45) is 4.21. The van der Waals surface area contributed by atoms with Crippen molar-refractivity contribution in [3.05, 3.63) is 23.6 Å². The lowest BCUT2D eigenvalue weighted by atomic mass is 9.81. The number of thiazole rings is 1. The van der Waals surface area contributed by atoms with Gasteiger partial charge in [-0.1, -0.05) is 19.3 Å². The lowest BCUT2D eigenvalue weighted by Gasteiger charge is -2.35. The number of nitrogens with one attached hydrogen (secondary N) is 2. The molecule has 0 bridgehead atoms. The van der Waals surface area contributed by atoms with Crippen molar-refractivity contribution >= 4 is 28.3 Å². The Morgan fingerprint density at radius 3 is 2.46 bits per heavy atom. The van der Waals surface area contributed by atoms with E-state index in [2.05, 4.69) is 15.6 Å². The number of carbonyl (C=O) groups excluding carboxylic acids is 2. The van der Waals surface area contributed by atoms with Crippen molar-refractivity contribution in [3.8, 4) is 22.8 Å². The van der Waals surface area contributed by atoms with Gasteiger partial charge in [-0.2, -0.15) is 0 Å². The standard InChI is InChI=1S/C20H25N3O4S/c1-13(24)23-20(9-5-4-6-10-20)18(25)22-19-21-15(12-28-19)14-7-8-16(26-2)17(11-14)27-3/h7-8,11-12H,4-6,9-10H2,1-3H3,(H,23,24)(H,21,22,25). The third-order valence-corrected chi connectivity index (χ3v) is 5.72. The van der Waals surface area contributed by atoms with Crippen LogP contribution in [0.5, 0.6) is 11.5 Å². The van der Waals surface area contributed by atoms with Gasteiger partial charge >= 0.3 is 0 Å². The SMILES string of the molecule is COc1ccc(-c2csc(NC(=O)C3(NC(C)=O)CCCCC3)n2)cc1OC. The van der Waals surface area contributed by atoms with Gasteiger partial charge in [0, 0.05) is 17.9 Å². The van der Waals surface area contributed by atoms with Gasteiger partial charge in [0.2, 0.25) is 5.91 Å². The van der Waals surface area contributed by atoms with Crippen molar-refractivity contribution in [3.63, 3.8) is 0 Å². The summed E-state index contributed by atoms with van der Waals surface area (Å²) in [5, 5.41) is 8.16. The van der Waals surface area contributed by atoms with Gasteiger partial charge in [-0.15, -0.1) is 11.3 Å². The van der Waals surface area contributed by atoms with E-state index in [0.29, 0.717) is 29.5 Å². The molecule has 1 aromatic carbocycles. The number of nitrogens with zero attached hydrogens (tertiary/aromatic N) is 1. The Kier molecular flexibility index (Phi) is 6.18. The molecule has 3 rings (SSSR count). The lowest BCUT2D eigenvalue weighted by Crippen LogP contribution is -2.57. The van der Waals surface area contributed by atoms with Crippen LogP contribution in [0.15, 0.2) is 23.6 Å². The van der Waals surface area contributed by atoms with Crippen LogP contribution in [-0.4, -0.2) is 36.6 Å². The van der Waals surface area contributed by atoms with E-state index in [4.69, 9.17) is 9.47 Å². The van der Waals surface area contributed by atoms with Crippen molar-refractivity contribution in [2.75, 3.05) is 19.5 Å². The monoisotopic (exact) mass is 403 g/mol. The smallest absolute Gasteiger partial charge is 0.251 e. The summed E-state index contributed by atoms with van der Waals surface area (Å²) in [7, 11) is 3.17. The number of aromatic nitrogens is 1. The molecule has 0 unspecified atom stereocenters. The topological polar surface area (TPSA) is 89.6 Å². The number of benzene rings is 1. The zero-order chi connectivity index (χ0) is 20.1. The molecular formula is C20H25N3O4S. The Balaban J connectivity index is 1.78. The van der Waals surface area contributed by atoms with Gasteiger partial charge in [-0.25, -0.2) is 4.98 Å². The van der Waals surface area contributed by atoms with E-state index in [-0.39, 0.29) is 11.8 Å². The first-order chi connectivity index (χ1) is 13.5. The van der Waals surface area contributed by atoms with Crippen LogP contribution in [-0.2, 0) is 9.59 Å². The fourth-order valence-corrected chi connectivity index (χ4v) is 4.29. The summed E-state index contributed by atoms with van der Waals surface area (Å²) in [6, 6.07) is 5.56. The fraction of sp³-hybridized carbons (Fsp3) is 0.450. The van der Waals surface area contributed by atoms with Gasteiger partial charge in [0.15, 0.2) is 16.6 Å². The summed E-state index contributed by atoms with van der Waals surface area (Å²) in [5.74, 6) is 0.868. The number of rotatable bonds is 6. The van der Waals surface area contributed by atoms with Crippen molar-refractivity contribution < 1.29 is 19.1 Å². The summed E-state index contributed by atoms with van der Waals surface area (Å²) in [5.41, 5.74) is 0.751. The zero-order valence-electron chi connectivity index (χ0n) is 16.3. The molecule has 0 atom stereocenters. The molecule has 0 radical (unpaired) electrons. The van der Waals surface area contributed by atoms with Gasteiger partial charge in [-0.05, 0) is 31.0 Å². The second-order valence-corrected chi connectivity index (χ2v) is 7.74. The van der Waals surface area contributed by atoms with Crippen LogP contribution in [0, 0.1) is 0 Å². The van der Waals surface area contributed by atoms with Gasteiger partial charge < -0.3 is 14.8 Å². The summed E-state index contributed by atoms with van der Waals surface area (Å²) in [6.45, 7) is 1.45. The van der Waals surface area contributed by atoms with Crippen LogP contribution in [0.25, 0.3) is 11.3 Å². The number of hydrogen-bond acceptors (Lipinski definition) is 6. The molecule has 1 saturated carbocycles. The molecule has 2 amide bonds. The molecule has 150 valence electrons. The predicted molar refractivity (Wildman–Crippen MR) is 109 cm³/mol. The number of anilines is 1. The molecule has 0 aliphatic heterocycles. The van der Waals surface area contributed by atoms with Gasteiger partial charge in [-0.3, -0.25) is 14.9 Å². The largest absolute Gasteiger partial charge is 0.493 e. The van der Waals surface area contributed by atoms with Crippen molar-refractivity contribution in [1.29, 1.82) is 0 Å². The van der Waals surface area contributed by atoms with Crippen molar-refractivity contribution in [2.45, 2.75) is 44.6 Å². The number of ether oxygens (including phenoxy) is 2. The van der Waals surface area contributed by atoms with Crippen LogP contribution in [0.4, 0.5) is 5.13 Å². The molecule has 1 fully saturated rings. The highest BCUT2D eigenvalue weighted by Crippen LogP contribution is 2.34. The Bertz CT molecular complexity index is 859. The van der Waals surface area contributed by atoms with E-state index in [1.165, 1.54) is 18.3 Å². The molecular weight excluding hydrogens is 378 g/mol. The van der Waals surface area contributed by atoms with E-state index in [9.17, 15) is 9.59 Å². The van der Waals surface area contributed by atoms with Crippen molar-refractivity contribution in [2.24, 2.45) is 0 Å². The van der Waals surface area contributed by atoms with Crippen molar-refractivity contribution in [1.82, 2.24) is 10.3 Å². The van der Waals surface area contributed by atoms with Crippen LogP contribution in [0.2, 0.25) is 0 Å². The number of hydrogen-bond donors (Lipinski definition) is 2. The summed E-state index contributed by atoms with van der Waals surface area (Å²) < 4.78 is 10.6. The van der Waals surface area contributed by atoms with E-state index < -0.39 is 5.54 Å². The molecule has 0 saturated heterocycles. The quantitative estimate of drug-likeness (QED) is 0.769. The third kappa shape index (κ3) is 4.27. The Hall–Kier alpha value is -2.61. The van der Waals surface area contributed by atoms with Crippen LogP contribution < -0.4 is 20.1 Å². The Morgan fingerprint density at radius 1 is 1.11 bits per heavy atom. The Labute approximate surface area is 168 Å². The highest BCUT2D eigenvalue weighted by molar-refractivity contribution is 7.14. The first kappa shape index (κ1) is 20.1. The van der Waals surface area contributed by atoms with E-state index in [1.54, 1.807) is 14.2 Å². The first-order valence-corrected chi connectivity index (χ1v) is 10.1. The minimum absolute atomic E-state index is 0.192. The molecule has 0 spiro atoms. The first-order valence-electron chi connectivity index (χ1n) is 9.25. The summed E-state index contributed by atoms with van der Waals surface area (Å²) in [4.78, 5) is 29.1. The molecule has 8 heteroatoms. The predicted octanol–water partition coefficient (Wildman–Crippen LogP) is 3.60. The minimum atomic E-state index is -0.848. The average Bonchev–Trinajstić information content (AvgIpc) is 3.16. The maximum absolute atomic E-state index is 13.0. The van der Waals surface area contributed by atoms with Crippen LogP contribution >= 0.6 is 11.3 Å². The number of methoxy groups -OCH3 is 2. The van der Waals surface area contributed by atoms with Crippen LogP contribution in [0.3, 0.4) is 0 Å². The molecule has 7 nitrogen and oxygen atoms in total. The minimum Gasteiger partial charge on any atom is -0.493 e. The molecule has 1 heterocycles. The second-order valence-electron chi connectivity index (χ2n) is 6.89. The van der Waals surface area contributed by atoms with E-state index in [1.807, 2.05) is 23.6 Å². The third-order valence-electron chi connectivity index (χ3n) is 4.96. The van der Waals surface area contributed by atoms with Gasteiger partial charge in [0.05, 0.1) is 19.9 Å². The number of carbonyl (C=O) groups is 2. The molecule has 2 N–H and O–H groups in total. The number of amides is 2. The molecule has 2 aromatic rings. The summed E-state index contributed by atoms with van der Waals surface area (Å²) >= 11 is 1.35. The average molecular weight is 404 g/mol. The Morgan fingerprint density at radius 2 is 1.82 bits per heavy atom. The molecule has 28 heavy (non-hydrogen) atoms. The van der Waals surface area contributed by atoms with Crippen LogP contribution in [0.1, 0.15) is 39.0 Å². The van der Waals surface area contributed by atoms with Gasteiger partial charge in [0.25, 0.3) is 5.91 Å². The maximum atomic E-state index is 13.0. The zero-order valence-corrected chi connectivity index (χ0v) is 17.1. The lowest BCUT2D eigenvalue weighted by molar-refractivity contribution is -0.130. The highest BCUT2D eigenvalue weighted by Gasteiger charge is 2.40. The second kappa shape index (κ2) is 8.60. The molecule has 1 aromatic heterocycles. The maximum Gasteiger partial charge on any atom is 0.251 e. The van der Waals surface area contributed by atoms with E-state index >= 15 is 0 Å². The fourth-order valence-electron chi connectivity index (χ4n) is 3.58. The molecule has 1 aliphatic rings. The van der Waals surface area contributed by atoms with E-state index in [0.717, 1.165) is 30.5 Å². The normalized spacial score (nSPS) is 15.5. The highest BCUT2D eigenvalue weighted by atomic mass is 32.1. The molecule has 1 aliphatic carbocycles. The van der Waals surface area contributed by atoms with Gasteiger partial charge in [0.1, 0.15) is 5.54 Å².